The summed E-state index contributed by atoms with van der Waals surface area (Å²) in [6.45, 7) is 2.61. The number of aromatic nitrogens is 1. The molecular weight excluding hydrogens is 184 g/mol. The summed E-state index contributed by atoms with van der Waals surface area (Å²) >= 11 is 1.50. The Bertz CT molecular complexity index is 314. The first-order valence-electron chi connectivity index (χ1n) is 4.07. The molecular formula is C9H12N2OS. The van der Waals surface area contributed by atoms with E-state index in [1.165, 1.54) is 11.8 Å². The third-order valence-corrected chi connectivity index (χ3v) is 2.59. The minimum Gasteiger partial charge on any atom is -0.491 e. The molecule has 0 aromatic carbocycles. The summed E-state index contributed by atoms with van der Waals surface area (Å²) in [5, 5.41) is 9.47. The van der Waals surface area contributed by atoms with E-state index < -0.39 is 0 Å². The summed E-state index contributed by atoms with van der Waals surface area (Å²) in [6.07, 6.45) is 1.94. The maximum atomic E-state index is 8.46. The molecule has 70 valence electrons. The molecule has 13 heavy (non-hydrogen) atoms. The Morgan fingerprint density at radius 1 is 1.69 bits per heavy atom. The Kier molecular flexibility index (Phi) is 3.71. The van der Waals surface area contributed by atoms with Gasteiger partial charge in [-0.2, -0.15) is 5.26 Å². The molecule has 0 N–H and O–H groups in total. The molecule has 0 amide bonds. The Labute approximate surface area is 82.3 Å². The van der Waals surface area contributed by atoms with E-state index in [9.17, 15) is 0 Å². The summed E-state index contributed by atoms with van der Waals surface area (Å²) in [5.41, 5.74) is 0. The van der Waals surface area contributed by atoms with Crippen LogP contribution in [0, 0.1) is 11.3 Å². The SMILES string of the molecule is CCOc1ccn(C)c1SCC#N. The van der Waals surface area contributed by atoms with Crippen LogP contribution in [0.25, 0.3) is 0 Å². The first-order chi connectivity index (χ1) is 6.29. The topological polar surface area (TPSA) is 38.0 Å². The Morgan fingerprint density at radius 3 is 3.08 bits per heavy atom. The largest absolute Gasteiger partial charge is 0.491 e. The normalized spacial score (nSPS) is 9.62. The Morgan fingerprint density at radius 2 is 2.46 bits per heavy atom. The quantitative estimate of drug-likeness (QED) is 0.692. The average Bonchev–Trinajstić information content (AvgIpc) is 2.45. The van der Waals surface area contributed by atoms with Gasteiger partial charge in [-0.25, -0.2) is 0 Å². The molecule has 0 aliphatic carbocycles. The van der Waals surface area contributed by atoms with Crippen molar-refractivity contribution in [3.8, 4) is 11.8 Å². The number of hydrogen-bond acceptors (Lipinski definition) is 3. The van der Waals surface area contributed by atoms with Gasteiger partial charge in [0.15, 0.2) is 5.75 Å². The van der Waals surface area contributed by atoms with E-state index in [0.29, 0.717) is 12.4 Å². The van der Waals surface area contributed by atoms with E-state index in [0.717, 1.165) is 10.8 Å². The number of hydrogen-bond donors (Lipinski definition) is 0. The molecule has 0 atom stereocenters. The van der Waals surface area contributed by atoms with Gasteiger partial charge in [0, 0.05) is 13.2 Å². The van der Waals surface area contributed by atoms with Gasteiger partial charge in [0.25, 0.3) is 0 Å². The fourth-order valence-electron chi connectivity index (χ4n) is 1.03. The van der Waals surface area contributed by atoms with Crippen LogP contribution in [0.4, 0.5) is 0 Å². The zero-order valence-corrected chi connectivity index (χ0v) is 8.60. The number of ether oxygens (including phenoxy) is 1. The first kappa shape index (κ1) is 10.0. The van der Waals surface area contributed by atoms with E-state index in [4.69, 9.17) is 10.00 Å². The highest BCUT2D eigenvalue weighted by atomic mass is 32.2. The van der Waals surface area contributed by atoms with E-state index in [2.05, 4.69) is 6.07 Å². The van der Waals surface area contributed by atoms with Crippen molar-refractivity contribution in [2.45, 2.75) is 11.9 Å². The van der Waals surface area contributed by atoms with Crippen LogP contribution in [-0.4, -0.2) is 16.9 Å². The predicted octanol–water partition coefficient (Wildman–Crippen LogP) is 2.04. The summed E-state index contributed by atoms with van der Waals surface area (Å²) < 4.78 is 7.37. The van der Waals surface area contributed by atoms with Gasteiger partial charge in [-0.3, -0.25) is 0 Å². The summed E-state index contributed by atoms with van der Waals surface area (Å²) in [4.78, 5) is 0. The highest BCUT2D eigenvalue weighted by Gasteiger charge is 2.07. The van der Waals surface area contributed by atoms with Crippen LogP contribution >= 0.6 is 11.8 Å². The lowest BCUT2D eigenvalue weighted by Crippen LogP contribution is -1.94. The summed E-state index contributed by atoms with van der Waals surface area (Å²) in [7, 11) is 1.95. The van der Waals surface area contributed by atoms with Crippen molar-refractivity contribution >= 4 is 11.8 Å². The molecule has 1 aromatic rings. The van der Waals surface area contributed by atoms with Gasteiger partial charge < -0.3 is 9.30 Å². The van der Waals surface area contributed by atoms with Crippen LogP contribution in [0.5, 0.6) is 5.75 Å². The number of nitriles is 1. The maximum Gasteiger partial charge on any atom is 0.151 e. The van der Waals surface area contributed by atoms with Gasteiger partial charge in [-0.05, 0) is 13.0 Å². The van der Waals surface area contributed by atoms with E-state index in [-0.39, 0.29) is 0 Å². The Hall–Kier alpha value is -1.08. The van der Waals surface area contributed by atoms with Crippen LogP contribution in [0.15, 0.2) is 17.3 Å². The number of aryl methyl sites for hydroxylation is 1. The molecule has 0 saturated carbocycles. The maximum absolute atomic E-state index is 8.46. The lowest BCUT2D eigenvalue weighted by atomic mass is 10.6. The third-order valence-electron chi connectivity index (χ3n) is 1.55. The van der Waals surface area contributed by atoms with Gasteiger partial charge in [0.1, 0.15) is 5.03 Å². The van der Waals surface area contributed by atoms with E-state index >= 15 is 0 Å². The highest BCUT2D eigenvalue weighted by Crippen LogP contribution is 2.29. The zero-order chi connectivity index (χ0) is 9.68. The standard InChI is InChI=1S/C9H12N2OS/c1-3-12-8-4-6-11(2)9(8)13-7-5-10/h4,6H,3,7H2,1-2H3. The fourth-order valence-corrected chi connectivity index (χ4v) is 1.77. The van der Waals surface area contributed by atoms with E-state index in [1.807, 2.05) is 30.8 Å². The minimum absolute atomic E-state index is 0.456. The second-order valence-electron chi connectivity index (χ2n) is 2.48. The van der Waals surface area contributed by atoms with Gasteiger partial charge in [-0.15, -0.1) is 0 Å². The lowest BCUT2D eigenvalue weighted by molar-refractivity contribution is 0.330. The first-order valence-corrected chi connectivity index (χ1v) is 5.06. The van der Waals surface area contributed by atoms with Crippen LogP contribution in [0.2, 0.25) is 0 Å². The second kappa shape index (κ2) is 4.83. The zero-order valence-electron chi connectivity index (χ0n) is 7.78. The van der Waals surface area contributed by atoms with Crippen LogP contribution in [-0.2, 0) is 7.05 Å². The van der Waals surface area contributed by atoms with Crippen LogP contribution in [0.3, 0.4) is 0 Å². The van der Waals surface area contributed by atoms with Crippen molar-refractivity contribution in [2.24, 2.45) is 7.05 Å². The predicted molar refractivity (Wildman–Crippen MR) is 52.9 cm³/mol. The summed E-state index contributed by atoms with van der Waals surface area (Å²) in [5.74, 6) is 1.32. The molecule has 0 saturated heterocycles. The summed E-state index contributed by atoms with van der Waals surface area (Å²) in [6, 6.07) is 4.02. The van der Waals surface area contributed by atoms with Crippen molar-refractivity contribution in [3.63, 3.8) is 0 Å². The van der Waals surface area contributed by atoms with E-state index in [1.54, 1.807) is 0 Å². The lowest BCUT2D eigenvalue weighted by Gasteiger charge is -2.04. The molecule has 0 aliphatic heterocycles. The third kappa shape index (κ3) is 2.43. The van der Waals surface area contributed by atoms with Gasteiger partial charge >= 0.3 is 0 Å². The fraction of sp³-hybridized carbons (Fsp3) is 0.444. The molecule has 1 rings (SSSR count). The van der Waals surface area contributed by atoms with Crippen LogP contribution in [0.1, 0.15) is 6.92 Å². The molecule has 0 aliphatic rings. The molecule has 0 fully saturated rings. The van der Waals surface area contributed by atoms with Crippen molar-refractivity contribution in [1.29, 1.82) is 5.26 Å². The monoisotopic (exact) mass is 196 g/mol. The molecule has 0 unspecified atom stereocenters. The van der Waals surface area contributed by atoms with Gasteiger partial charge in [0.2, 0.25) is 0 Å². The number of nitrogens with zero attached hydrogens (tertiary/aromatic N) is 2. The molecule has 1 heterocycles. The van der Waals surface area contributed by atoms with Gasteiger partial charge in [-0.1, -0.05) is 11.8 Å². The molecule has 0 spiro atoms. The second-order valence-corrected chi connectivity index (χ2v) is 3.44. The minimum atomic E-state index is 0.456. The number of rotatable bonds is 4. The van der Waals surface area contributed by atoms with Crippen LogP contribution < -0.4 is 4.74 Å². The molecule has 1 aromatic heterocycles. The van der Waals surface area contributed by atoms with Gasteiger partial charge in [0.05, 0.1) is 18.4 Å². The highest BCUT2D eigenvalue weighted by molar-refractivity contribution is 7.99. The Balaban J connectivity index is 2.76. The molecule has 0 bridgehead atoms. The van der Waals surface area contributed by atoms with Crippen molar-refractivity contribution in [3.05, 3.63) is 12.3 Å². The average molecular weight is 196 g/mol. The van der Waals surface area contributed by atoms with Crippen molar-refractivity contribution < 1.29 is 4.74 Å². The smallest absolute Gasteiger partial charge is 0.151 e. The van der Waals surface area contributed by atoms with Crippen molar-refractivity contribution in [2.75, 3.05) is 12.4 Å². The molecule has 3 nitrogen and oxygen atoms in total. The van der Waals surface area contributed by atoms with Crippen molar-refractivity contribution in [1.82, 2.24) is 4.57 Å². The number of thioether (sulfide) groups is 1. The molecule has 4 heteroatoms. The molecule has 0 radical (unpaired) electrons.